The van der Waals surface area contributed by atoms with Crippen molar-refractivity contribution in [3.8, 4) is 67.3 Å². The van der Waals surface area contributed by atoms with Crippen molar-refractivity contribution >= 4 is 34.9 Å². The van der Waals surface area contributed by atoms with Crippen molar-refractivity contribution in [2.24, 2.45) is 0 Å². The summed E-state index contributed by atoms with van der Waals surface area (Å²) in [6, 6.07) is 63.5. The monoisotopic (exact) mass is 1090 g/mol. The number of esters is 1. The van der Waals surface area contributed by atoms with Crippen LogP contribution in [0, 0.1) is 0 Å². The van der Waals surface area contributed by atoms with E-state index < -0.39 is 0 Å². The Labute approximate surface area is 405 Å². The number of carbonyl (C=O) groups excluding carboxylic acids is 1. The van der Waals surface area contributed by atoms with Crippen molar-refractivity contribution in [2.75, 3.05) is 7.11 Å². The maximum Gasteiger partial charge on any atom is 0.338 e. The Bertz CT molecular complexity index is 2390. The number of halogens is 2. The van der Waals surface area contributed by atoms with Gasteiger partial charge in [-0.15, -0.1) is 0 Å². The fraction of sp³-hybridized carbons (Fsp3) is 0.0600. The average Bonchev–Trinajstić information content (AvgIpc) is 3.31. The standard InChI is InChI=1S/C41H29NO.C9H12NO2.H2IP.HI.Y/c43-41-37(31-18-8-2-9-19-31)28-36(29-38(41)32-20-10-3-11-21-32)42-39(33-22-12-4-13-23-33)26-35(30-16-6-1-7-17-30)27-40(42)34-24-14-5-15-25-34;1-3-10-6-4-8(5-7-10)9(11)12-2;1-2;;/h1-29H;4-7H,3H2,1-2H3;2H2;1H;/q;+1;;;/p-1. The van der Waals surface area contributed by atoms with Crippen LogP contribution in [-0.4, -0.2) is 13.1 Å². The Kier molecular flexibility index (Phi) is 19.5. The van der Waals surface area contributed by atoms with E-state index in [9.17, 15) is 9.90 Å². The van der Waals surface area contributed by atoms with Gasteiger partial charge >= 0.3 is 5.97 Å². The minimum absolute atomic E-state index is 0. The Hall–Kier alpha value is -4.12. The molecule has 0 saturated heterocycles. The van der Waals surface area contributed by atoms with Gasteiger partial charge in [0.05, 0.1) is 12.7 Å². The third-order valence-electron chi connectivity index (χ3n) is 9.49. The van der Waals surface area contributed by atoms with E-state index in [-0.39, 0.29) is 68.4 Å². The van der Waals surface area contributed by atoms with E-state index in [1.54, 1.807) is 12.1 Å². The van der Waals surface area contributed by atoms with Crippen LogP contribution in [0.25, 0.3) is 61.6 Å². The third kappa shape index (κ3) is 12.0. The molecule has 0 amide bonds. The molecule has 0 bridgehead atoms. The number of carbonyl (C=O) groups is 1. The fourth-order valence-electron chi connectivity index (χ4n) is 6.64. The van der Waals surface area contributed by atoms with Crippen molar-refractivity contribution in [1.29, 1.82) is 0 Å². The molecule has 5 nitrogen and oxygen atoms in total. The third-order valence-corrected chi connectivity index (χ3v) is 9.49. The van der Waals surface area contributed by atoms with Crippen molar-refractivity contribution < 1.29 is 80.5 Å². The number of hydrogen-bond donors (Lipinski definition) is 0. The molecule has 0 N–H and O–H groups in total. The smallest absolute Gasteiger partial charge is 0.338 e. The first-order valence-corrected chi connectivity index (χ1v) is 22.7. The van der Waals surface area contributed by atoms with E-state index in [2.05, 4.69) is 123 Å². The van der Waals surface area contributed by atoms with Gasteiger partial charge in [-0.05, 0) is 64.6 Å². The molecule has 0 fully saturated rings. The van der Waals surface area contributed by atoms with Crippen molar-refractivity contribution in [2.45, 2.75) is 13.5 Å². The van der Waals surface area contributed by atoms with Crippen LogP contribution >= 0.6 is 28.9 Å². The van der Waals surface area contributed by atoms with Gasteiger partial charge in [0.1, 0.15) is 6.54 Å². The van der Waals surface area contributed by atoms with Gasteiger partial charge in [0, 0.05) is 80.2 Å². The van der Waals surface area contributed by atoms with Gasteiger partial charge in [-0.25, -0.2) is 9.36 Å². The first-order valence-electron chi connectivity index (χ1n) is 18.6. The molecular formula is C50H43I2N2O3PY. The van der Waals surface area contributed by atoms with Crippen LogP contribution in [0.3, 0.4) is 0 Å². The van der Waals surface area contributed by atoms with Crippen LogP contribution in [0.2, 0.25) is 0 Å². The molecule has 1 atom stereocenters. The van der Waals surface area contributed by atoms with Gasteiger partial charge in [-0.1, -0.05) is 162 Å². The van der Waals surface area contributed by atoms with Gasteiger partial charge in [-0.3, -0.25) is 0 Å². The molecule has 8 aromatic rings. The largest absolute Gasteiger partial charge is 1.00 e. The number of pyridine rings is 2. The Morgan fingerprint density at radius 1 is 0.559 bits per heavy atom. The molecule has 0 aliphatic heterocycles. The number of aromatic nitrogens is 2. The zero-order valence-corrected chi connectivity index (χ0v) is 41.1. The number of ether oxygens (including phenoxy) is 1. The second kappa shape index (κ2) is 24.2. The molecule has 2 aromatic heterocycles. The Balaban J connectivity index is 0.000000414. The van der Waals surface area contributed by atoms with E-state index >= 15 is 0 Å². The molecule has 8 rings (SSSR count). The van der Waals surface area contributed by atoms with Crippen molar-refractivity contribution in [3.05, 3.63) is 206 Å². The van der Waals surface area contributed by atoms with Crippen LogP contribution in [0.1, 0.15) is 17.3 Å². The van der Waals surface area contributed by atoms with Gasteiger partial charge in [-0.2, -0.15) is 4.57 Å². The summed E-state index contributed by atoms with van der Waals surface area (Å²) in [5, 5.41) is 14.1. The summed E-state index contributed by atoms with van der Waals surface area (Å²) in [4.78, 5) is 11.0. The van der Waals surface area contributed by atoms with Gasteiger partial charge in [0.15, 0.2) is 12.4 Å². The summed E-state index contributed by atoms with van der Waals surface area (Å²) < 4.78 is 8.84. The van der Waals surface area contributed by atoms with E-state index in [0.717, 1.165) is 57.0 Å². The molecule has 6 aromatic carbocycles. The number of methoxy groups -OCH3 is 1. The SMILES string of the molecule is CC[n+]1ccc(C(=O)OC)cc1.PI.[I-].[O-]c1c(-c2ccccc2)cc(-[n+]2c(-c3ccccc3)cc(-c3ccccc3)cc2-c2ccccc2)cc1-c1ccccc1.[Y]. The quantitative estimate of drug-likeness (QED) is 0.0666. The molecule has 59 heavy (non-hydrogen) atoms. The van der Waals surface area contributed by atoms with Crippen LogP contribution in [0.4, 0.5) is 0 Å². The molecular weight excluding hydrogens is 1050 g/mol. The van der Waals surface area contributed by atoms with E-state index in [0.29, 0.717) is 16.7 Å². The average molecular weight is 1090 g/mol. The minimum atomic E-state index is -0.293. The van der Waals surface area contributed by atoms with Gasteiger partial charge < -0.3 is 33.8 Å². The van der Waals surface area contributed by atoms with E-state index in [4.69, 9.17) is 0 Å². The number of rotatable bonds is 8. The second-order valence-electron chi connectivity index (χ2n) is 13.0. The summed E-state index contributed by atoms with van der Waals surface area (Å²) >= 11 is 2.07. The van der Waals surface area contributed by atoms with Gasteiger partial charge in [0.2, 0.25) is 17.1 Å². The maximum atomic E-state index is 14.1. The van der Waals surface area contributed by atoms with Crippen LogP contribution < -0.4 is 38.2 Å². The fourth-order valence-corrected chi connectivity index (χ4v) is 6.64. The topological polar surface area (TPSA) is 57.1 Å². The van der Waals surface area contributed by atoms with E-state index in [1.165, 1.54) is 7.11 Å². The molecule has 9 heteroatoms. The molecule has 2 heterocycles. The van der Waals surface area contributed by atoms with Crippen LogP contribution in [0.15, 0.2) is 200 Å². The normalized spacial score (nSPS) is 9.97. The Morgan fingerprint density at radius 3 is 1.27 bits per heavy atom. The molecule has 0 saturated carbocycles. The predicted octanol–water partition coefficient (Wildman–Crippen LogP) is 8.37. The number of aryl methyl sites for hydroxylation is 1. The molecule has 1 unspecified atom stereocenters. The van der Waals surface area contributed by atoms with Crippen LogP contribution in [0.5, 0.6) is 5.75 Å². The molecule has 0 aliphatic carbocycles. The van der Waals surface area contributed by atoms with E-state index in [1.807, 2.05) is 115 Å². The number of nitrogens with zero attached hydrogens (tertiary/aromatic N) is 2. The predicted molar refractivity (Wildman–Crippen MR) is 242 cm³/mol. The van der Waals surface area contributed by atoms with Gasteiger partial charge in [0.25, 0.3) is 0 Å². The van der Waals surface area contributed by atoms with Crippen molar-refractivity contribution in [3.63, 3.8) is 0 Å². The molecule has 293 valence electrons. The maximum absolute atomic E-state index is 14.1. The zero-order chi connectivity index (χ0) is 40.0. The summed E-state index contributed by atoms with van der Waals surface area (Å²) in [7, 11) is 1.38. The molecule has 0 aliphatic rings. The number of hydrogen-bond acceptors (Lipinski definition) is 3. The minimum Gasteiger partial charge on any atom is -1.00 e. The second-order valence-corrected chi connectivity index (χ2v) is 13.0. The molecule has 0 spiro atoms. The summed E-state index contributed by atoms with van der Waals surface area (Å²) in [5.74, 6) is -0.275. The zero-order valence-electron chi connectivity index (χ0n) is 32.8. The first kappa shape index (κ1) is 47.6. The Morgan fingerprint density at radius 2 is 0.915 bits per heavy atom. The summed E-state index contributed by atoms with van der Waals surface area (Å²) in [6.07, 6.45) is 3.71. The number of benzene rings is 6. The molecule has 1 radical (unpaired) electrons. The van der Waals surface area contributed by atoms with Crippen molar-refractivity contribution in [1.82, 2.24) is 0 Å². The van der Waals surface area contributed by atoms with Crippen LogP contribution in [-0.2, 0) is 44.0 Å². The summed E-state index contributed by atoms with van der Waals surface area (Å²) in [6.45, 7) is 5.33. The first-order chi connectivity index (χ1) is 28.0. The summed E-state index contributed by atoms with van der Waals surface area (Å²) in [5.41, 5.74) is 11.2.